The van der Waals surface area contributed by atoms with E-state index >= 15 is 0 Å². The van der Waals surface area contributed by atoms with Crippen molar-refractivity contribution in [2.75, 3.05) is 7.11 Å². The van der Waals surface area contributed by atoms with E-state index in [4.69, 9.17) is 15.2 Å². The molecule has 1 aliphatic heterocycles. The fourth-order valence-corrected chi connectivity index (χ4v) is 3.85. The molecule has 0 saturated heterocycles. The molecular formula is C14H13BrN2O3S. The van der Waals surface area contributed by atoms with Crippen molar-refractivity contribution in [3.05, 3.63) is 43.1 Å². The summed E-state index contributed by atoms with van der Waals surface area (Å²) >= 11 is 4.94. The quantitative estimate of drug-likeness (QED) is 0.810. The molecule has 0 bridgehead atoms. The first-order chi connectivity index (χ1) is 9.90. The van der Waals surface area contributed by atoms with E-state index in [1.54, 1.807) is 6.92 Å². The molecular weight excluding hydrogens is 356 g/mol. The molecule has 0 aromatic carbocycles. The van der Waals surface area contributed by atoms with Crippen molar-refractivity contribution < 1.29 is 14.3 Å². The molecule has 0 radical (unpaired) electrons. The van der Waals surface area contributed by atoms with E-state index < -0.39 is 11.9 Å². The SMILES string of the molecule is COC(=O)C1=C(C)OC(N)=C(C#N)C1c1cc(Br)c(C)s1. The third-order valence-electron chi connectivity index (χ3n) is 3.17. The lowest BCUT2D eigenvalue weighted by atomic mass is 9.87. The summed E-state index contributed by atoms with van der Waals surface area (Å²) in [4.78, 5) is 14.0. The lowest BCUT2D eigenvalue weighted by Crippen LogP contribution is -2.24. The topological polar surface area (TPSA) is 85.3 Å². The third-order valence-corrected chi connectivity index (χ3v) is 5.37. The normalized spacial score (nSPS) is 18.3. The van der Waals surface area contributed by atoms with E-state index in [1.807, 2.05) is 19.1 Å². The number of esters is 1. The summed E-state index contributed by atoms with van der Waals surface area (Å²) < 4.78 is 11.1. The zero-order valence-corrected chi connectivity index (χ0v) is 14.1. The van der Waals surface area contributed by atoms with Crippen LogP contribution in [0.5, 0.6) is 0 Å². The van der Waals surface area contributed by atoms with Crippen LogP contribution in [0, 0.1) is 18.3 Å². The largest absolute Gasteiger partial charge is 0.466 e. The number of hydrogen-bond acceptors (Lipinski definition) is 6. The molecule has 1 aromatic heterocycles. The van der Waals surface area contributed by atoms with E-state index in [2.05, 4.69) is 15.9 Å². The number of carbonyl (C=O) groups excluding carboxylic acids is 1. The molecule has 2 N–H and O–H groups in total. The number of nitriles is 1. The van der Waals surface area contributed by atoms with Crippen LogP contribution in [0.15, 0.2) is 33.3 Å². The Labute approximate surface area is 134 Å². The van der Waals surface area contributed by atoms with E-state index in [0.717, 1.165) is 14.2 Å². The van der Waals surface area contributed by atoms with Crippen LogP contribution in [0.2, 0.25) is 0 Å². The van der Waals surface area contributed by atoms with E-state index in [1.165, 1.54) is 18.4 Å². The van der Waals surface area contributed by atoms with Crippen molar-refractivity contribution in [1.29, 1.82) is 5.26 Å². The Hall–Kier alpha value is -1.78. The number of nitrogens with zero attached hydrogens (tertiary/aromatic N) is 1. The van der Waals surface area contributed by atoms with Crippen molar-refractivity contribution in [1.82, 2.24) is 0 Å². The van der Waals surface area contributed by atoms with Gasteiger partial charge in [-0.1, -0.05) is 0 Å². The number of ether oxygens (including phenoxy) is 2. The molecule has 0 amide bonds. The van der Waals surface area contributed by atoms with Gasteiger partial charge < -0.3 is 15.2 Å². The molecule has 1 aliphatic rings. The van der Waals surface area contributed by atoms with Gasteiger partial charge in [0.25, 0.3) is 0 Å². The highest BCUT2D eigenvalue weighted by molar-refractivity contribution is 9.10. The number of methoxy groups -OCH3 is 1. The number of nitrogens with two attached hydrogens (primary N) is 1. The Balaban J connectivity index is 2.66. The molecule has 7 heteroatoms. The van der Waals surface area contributed by atoms with Gasteiger partial charge in [0.15, 0.2) is 0 Å². The van der Waals surface area contributed by atoms with Crippen LogP contribution < -0.4 is 5.73 Å². The lowest BCUT2D eigenvalue weighted by molar-refractivity contribution is -0.136. The van der Waals surface area contributed by atoms with Gasteiger partial charge in [0.2, 0.25) is 5.88 Å². The zero-order valence-electron chi connectivity index (χ0n) is 11.7. The van der Waals surface area contributed by atoms with Gasteiger partial charge in [0.1, 0.15) is 17.4 Å². The molecule has 0 aliphatic carbocycles. The summed E-state index contributed by atoms with van der Waals surface area (Å²) in [6.45, 7) is 3.58. The number of thiophene rings is 1. The fourth-order valence-electron chi connectivity index (χ4n) is 2.16. The molecule has 1 unspecified atom stereocenters. The highest BCUT2D eigenvalue weighted by Gasteiger charge is 2.37. The van der Waals surface area contributed by atoms with Gasteiger partial charge in [-0.05, 0) is 35.8 Å². The highest BCUT2D eigenvalue weighted by atomic mass is 79.9. The van der Waals surface area contributed by atoms with E-state index in [0.29, 0.717) is 11.3 Å². The average molecular weight is 369 g/mol. The monoisotopic (exact) mass is 368 g/mol. The molecule has 2 rings (SSSR count). The molecule has 1 aromatic rings. The van der Waals surface area contributed by atoms with Crippen molar-refractivity contribution in [3.63, 3.8) is 0 Å². The molecule has 5 nitrogen and oxygen atoms in total. The minimum atomic E-state index is -0.564. The second-order valence-electron chi connectivity index (χ2n) is 4.44. The molecule has 1 atom stereocenters. The third kappa shape index (κ3) is 2.69. The van der Waals surface area contributed by atoms with Crippen LogP contribution >= 0.6 is 27.3 Å². The molecule has 2 heterocycles. The molecule has 0 fully saturated rings. The van der Waals surface area contributed by atoms with Crippen LogP contribution in [0.1, 0.15) is 22.6 Å². The predicted octanol–water partition coefficient (Wildman–Crippen LogP) is 3.07. The number of allylic oxidation sites excluding steroid dienone is 2. The first-order valence-electron chi connectivity index (χ1n) is 6.03. The summed E-state index contributed by atoms with van der Waals surface area (Å²) in [5.41, 5.74) is 6.32. The van der Waals surface area contributed by atoms with Gasteiger partial charge >= 0.3 is 5.97 Å². The molecule has 21 heavy (non-hydrogen) atoms. The second-order valence-corrected chi connectivity index (χ2v) is 6.58. The van der Waals surface area contributed by atoms with Gasteiger partial charge in [0.05, 0.1) is 18.6 Å². The molecule has 0 saturated carbocycles. The molecule has 110 valence electrons. The van der Waals surface area contributed by atoms with Gasteiger partial charge in [-0.25, -0.2) is 4.79 Å². The maximum atomic E-state index is 12.1. The summed E-state index contributed by atoms with van der Waals surface area (Å²) in [5.74, 6) is -0.716. The molecule has 0 spiro atoms. The maximum absolute atomic E-state index is 12.1. The van der Waals surface area contributed by atoms with Crippen molar-refractivity contribution in [2.24, 2.45) is 5.73 Å². The van der Waals surface area contributed by atoms with Crippen LogP contribution in [0.4, 0.5) is 0 Å². The number of aryl methyl sites for hydroxylation is 1. The standard InChI is InChI=1S/C14H13BrN2O3S/c1-6-11(14(18)19-3)12(8(5-16)13(17)20-6)10-4-9(15)7(2)21-10/h4,12H,17H2,1-3H3. The Morgan fingerprint density at radius 1 is 1.57 bits per heavy atom. The van der Waals surface area contributed by atoms with Gasteiger partial charge in [-0.2, -0.15) is 5.26 Å². The van der Waals surface area contributed by atoms with Gasteiger partial charge in [0, 0.05) is 14.2 Å². The van der Waals surface area contributed by atoms with E-state index in [-0.39, 0.29) is 11.5 Å². The number of carbonyl (C=O) groups is 1. The number of hydrogen-bond donors (Lipinski definition) is 1. The van der Waals surface area contributed by atoms with Crippen LogP contribution in [-0.2, 0) is 14.3 Å². The number of rotatable bonds is 2. The maximum Gasteiger partial charge on any atom is 0.338 e. The first-order valence-corrected chi connectivity index (χ1v) is 7.64. The van der Waals surface area contributed by atoms with Gasteiger partial charge in [-0.15, -0.1) is 11.3 Å². The van der Waals surface area contributed by atoms with Crippen LogP contribution in [0.3, 0.4) is 0 Å². The summed E-state index contributed by atoms with van der Waals surface area (Å²) in [6, 6.07) is 3.93. The lowest BCUT2D eigenvalue weighted by Gasteiger charge is -2.25. The number of halogens is 1. The van der Waals surface area contributed by atoms with Crippen molar-refractivity contribution in [3.8, 4) is 6.07 Å². The van der Waals surface area contributed by atoms with E-state index in [9.17, 15) is 10.1 Å². The van der Waals surface area contributed by atoms with Crippen molar-refractivity contribution >= 4 is 33.2 Å². The van der Waals surface area contributed by atoms with Gasteiger partial charge in [-0.3, -0.25) is 0 Å². The smallest absolute Gasteiger partial charge is 0.338 e. The fraction of sp³-hybridized carbons (Fsp3) is 0.286. The summed E-state index contributed by atoms with van der Waals surface area (Å²) in [7, 11) is 1.29. The van der Waals surface area contributed by atoms with Crippen LogP contribution in [-0.4, -0.2) is 13.1 Å². The predicted molar refractivity (Wildman–Crippen MR) is 82.1 cm³/mol. The average Bonchev–Trinajstić information content (AvgIpc) is 2.77. The summed E-state index contributed by atoms with van der Waals surface area (Å²) in [5, 5.41) is 9.38. The summed E-state index contributed by atoms with van der Waals surface area (Å²) in [6.07, 6.45) is 0. The first kappa shape index (κ1) is 15.6. The Morgan fingerprint density at radius 2 is 2.24 bits per heavy atom. The Morgan fingerprint density at radius 3 is 2.71 bits per heavy atom. The van der Waals surface area contributed by atoms with Crippen LogP contribution in [0.25, 0.3) is 0 Å². The Bertz CT molecular complexity index is 693. The van der Waals surface area contributed by atoms with Crippen molar-refractivity contribution in [2.45, 2.75) is 19.8 Å². The minimum absolute atomic E-state index is 0.0230. The highest BCUT2D eigenvalue weighted by Crippen LogP contribution is 2.43. The Kier molecular flexibility index (Phi) is 4.40. The minimum Gasteiger partial charge on any atom is -0.466 e. The second kappa shape index (κ2) is 5.92. The zero-order chi connectivity index (χ0) is 15.7.